The molecule has 17 heavy (non-hydrogen) atoms. The van der Waals surface area contributed by atoms with Crippen molar-refractivity contribution in [3.63, 3.8) is 0 Å². The van der Waals surface area contributed by atoms with Crippen molar-refractivity contribution in [2.75, 3.05) is 0 Å². The van der Waals surface area contributed by atoms with E-state index >= 15 is 0 Å². The summed E-state index contributed by atoms with van der Waals surface area (Å²) in [6.45, 7) is 0. The predicted octanol–water partition coefficient (Wildman–Crippen LogP) is 1.90. The quantitative estimate of drug-likeness (QED) is 0.443. The number of hydrogen-bond acceptors (Lipinski definition) is 7. The molecule has 0 aliphatic heterocycles. The second-order valence-electron chi connectivity index (χ2n) is 2.70. The largest absolute Gasteiger partial charge is 0.537 e. The van der Waals surface area contributed by atoms with Crippen molar-refractivity contribution in [1.82, 2.24) is 0 Å². The van der Waals surface area contributed by atoms with Crippen molar-refractivity contribution in [1.29, 1.82) is 5.39 Å². The van der Waals surface area contributed by atoms with Gasteiger partial charge in [-0.2, -0.15) is 0 Å². The molecule has 0 radical (unpaired) electrons. The maximum atomic E-state index is 10.5. The fourth-order valence-electron chi connectivity index (χ4n) is 1.08. The third-order valence-electron chi connectivity index (χ3n) is 1.76. The van der Waals surface area contributed by atoms with E-state index in [9.17, 15) is 30.3 Å². The Morgan fingerprint density at radius 3 is 1.59 bits per heavy atom. The molecule has 0 saturated carbocycles. The van der Waals surface area contributed by atoms with Crippen LogP contribution in [0.3, 0.4) is 0 Å². The van der Waals surface area contributed by atoms with Crippen LogP contribution in [0.15, 0.2) is 12.1 Å². The molecule has 0 aliphatic rings. The molecule has 11 heteroatoms. The van der Waals surface area contributed by atoms with Crippen LogP contribution in [-0.4, -0.2) is 14.8 Å². The zero-order valence-corrected chi connectivity index (χ0v) is 7.84. The number of diazo groups is 1. The highest BCUT2D eigenvalue weighted by atomic mass is 16.6. The van der Waals surface area contributed by atoms with Crippen LogP contribution in [0, 0.1) is 35.7 Å². The molecule has 0 atom stereocenters. The van der Waals surface area contributed by atoms with Crippen molar-refractivity contribution >= 4 is 22.7 Å². The van der Waals surface area contributed by atoms with E-state index in [0.29, 0.717) is 12.1 Å². The molecule has 1 rings (SSSR count). The summed E-state index contributed by atoms with van der Waals surface area (Å²) < 4.78 is 0. The lowest BCUT2D eigenvalue weighted by Gasteiger charge is -1.92. The average Bonchev–Trinajstić information content (AvgIpc) is 2.26. The molecule has 0 unspecified atom stereocenters. The van der Waals surface area contributed by atoms with Crippen LogP contribution in [-0.2, 0) is 0 Å². The Morgan fingerprint density at radius 2 is 1.35 bits per heavy atom. The fourth-order valence-corrected chi connectivity index (χ4v) is 1.08. The Balaban J connectivity index is 3.71. The molecule has 1 aromatic rings. The molecule has 86 valence electrons. The molecule has 1 aromatic carbocycles. The molecule has 0 spiro atoms. The van der Waals surface area contributed by atoms with Gasteiger partial charge in [0.15, 0.2) is 4.98 Å². The van der Waals surface area contributed by atoms with Gasteiger partial charge in [-0.1, -0.05) is 0 Å². The third-order valence-corrected chi connectivity index (χ3v) is 1.76. The van der Waals surface area contributed by atoms with Gasteiger partial charge in [-0.15, -0.1) is 0 Å². The van der Waals surface area contributed by atoms with Gasteiger partial charge in [-0.05, 0) is 0 Å². The van der Waals surface area contributed by atoms with Gasteiger partial charge in [-0.3, -0.25) is 30.3 Å². The second kappa shape index (κ2) is 4.14. The molecule has 0 aliphatic carbocycles. The Bertz CT molecular complexity index is 540. The van der Waals surface area contributed by atoms with Crippen molar-refractivity contribution in [2.45, 2.75) is 0 Å². The minimum Gasteiger partial charge on any atom is -0.258 e. The van der Waals surface area contributed by atoms with Gasteiger partial charge in [0.25, 0.3) is 5.69 Å². The zero-order chi connectivity index (χ0) is 13.2. The Hall–Kier alpha value is -3.16. The van der Waals surface area contributed by atoms with E-state index in [1.54, 1.807) is 0 Å². The summed E-state index contributed by atoms with van der Waals surface area (Å²) >= 11 is 0. The fraction of sp³-hybridized carbons (Fsp3) is 0. The summed E-state index contributed by atoms with van der Waals surface area (Å²) in [7, 11) is 0. The highest BCUT2D eigenvalue weighted by molar-refractivity contribution is 5.77. The highest BCUT2D eigenvalue weighted by Crippen LogP contribution is 2.40. The molecular formula is C6H2N5O6+. The molecule has 11 nitrogen and oxygen atoms in total. The average molecular weight is 240 g/mol. The normalized spacial score (nSPS) is 9.35. The molecule has 0 saturated heterocycles. The molecule has 0 amide bonds. The number of hydrogen-bond donors (Lipinski definition) is 0. The maximum absolute atomic E-state index is 10.5. The van der Waals surface area contributed by atoms with Crippen LogP contribution in [0.4, 0.5) is 22.7 Å². The number of nitrogens with zero attached hydrogens (tertiary/aromatic N) is 5. The molecule has 0 fully saturated rings. The summed E-state index contributed by atoms with van der Waals surface area (Å²) in [6, 6.07) is 0.949. The van der Waals surface area contributed by atoms with E-state index < -0.39 is 37.5 Å². The molecule has 0 N–H and O–H groups in total. The molecular weight excluding hydrogens is 238 g/mol. The van der Waals surface area contributed by atoms with E-state index in [2.05, 4.69) is 4.98 Å². The van der Waals surface area contributed by atoms with Crippen LogP contribution in [0.1, 0.15) is 0 Å². The third kappa shape index (κ3) is 2.09. The van der Waals surface area contributed by atoms with Crippen molar-refractivity contribution in [3.8, 4) is 0 Å². The van der Waals surface area contributed by atoms with Crippen LogP contribution >= 0.6 is 0 Å². The SMILES string of the molecule is N#[N+]c1c([N+](=O)[O-])cc([N+](=O)[O-])cc1[N+](=O)[O-]. The van der Waals surface area contributed by atoms with Gasteiger partial charge in [0.1, 0.15) is 12.1 Å². The first kappa shape index (κ1) is 11.9. The lowest BCUT2D eigenvalue weighted by molar-refractivity contribution is -0.401. The summed E-state index contributed by atoms with van der Waals surface area (Å²) in [5.41, 5.74) is -3.82. The van der Waals surface area contributed by atoms with E-state index in [4.69, 9.17) is 5.39 Å². The summed E-state index contributed by atoms with van der Waals surface area (Å²) in [5.74, 6) is 0. The first-order chi connectivity index (χ1) is 7.88. The number of non-ortho nitro benzene ring substituents is 1. The van der Waals surface area contributed by atoms with Crippen molar-refractivity contribution < 1.29 is 14.8 Å². The predicted molar refractivity (Wildman–Crippen MR) is 51.1 cm³/mol. The number of benzene rings is 1. The monoisotopic (exact) mass is 240 g/mol. The maximum Gasteiger partial charge on any atom is 0.537 e. The standard InChI is InChI=1S/C6H2N5O6/c7-8-6-4(10(14)15)1-3(9(12)13)2-5(6)11(16)17/h1-2H/q+1. The minimum atomic E-state index is -1.12. The first-order valence-electron chi connectivity index (χ1n) is 3.84. The molecule has 0 bridgehead atoms. The number of nitro benzene ring substituents is 3. The molecule has 0 aromatic heterocycles. The number of nitro groups is 3. The number of rotatable bonds is 3. The van der Waals surface area contributed by atoms with Crippen LogP contribution in [0.2, 0.25) is 0 Å². The van der Waals surface area contributed by atoms with Gasteiger partial charge >= 0.3 is 17.1 Å². The van der Waals surface area contributed by atoms with E-state index in [1.165, 1.54) is 0 Å². The zero-order valence-electron chi connectivity index (χ0n) is 7.84. The van der Waals surface area contributed by atoms with E-state index in [-0.39, 0.29) is 0 Å². The van der Waals surface area contributed by atoms with E-state index in [0.717, 1.165) is 0 Å². The van der Waals surface area contributed by atoms with Gasteiger partial charge in [0, 0.05) is 0 Å². The highest BCUT2D eigenvalue weighted by Gasteiger charge is 2.40. The van der Waals surface area contributed by atoms with Gasteiger partial charge < -0.3 is 0 Å². The Kier molecular flexibility index (Phi) is 2.90. The lowest BCUT2D eigenvalue weighted by Crippen LogP contribution is -1.97. The summed E-state index contributed by atoms with van der Waals surface area (Å²) in [4.78, 5) is 30.6. The summed E-state index contributed by atoms with van der Waals surface area (Å²) in [6.07, 6.45) is 0. The smallest absolute Gasteiger partial charge is 0.258 e. The van der Waals surface area contributed by atoms with Gasteiger partial charge in [0.2, 0.25) is 5.39 Å². The minimum absolute atomic E-state index is 0.474. The Labute approximate surface area is 91.4 Å². The van der Waals surface area contributed by atoms with Crippen molar-refractivity contribution in [3.05, 3.63) is 47.5 Å². The topological polar surface area (TPSA) is 158 Å². The van der Waals surface area contributed by atoms with Crippen LogP contribution < -0.4 is 0 Å². The lowest BCUT2D eigenvalue weighted by atomic mass is 10.2. The summed E-state index contributed by atoms with van der Waals surface area (Å²) in [5, 5.41) is 39.9. The second-order valence-corrected chi connectivity index (χ2v) is 2.70. The van der Waals surface area contributed by atoms with Gasteiger partial charge in [-0.25, -0.2) is 0 Å². The van der Waals surface area contributed by atoms with E-state index in [1.807, 2.05) is 0 Å². The Morgan fingerprint density at radius 1 is 0.941 bits per heavy atom. The van der Waals surface area contributed by atoms with Gasteiger partial charge in [0.05, 0.1) is 14.8 Å². The van der Waals surface area contributed by atoms with Crippen LogP contribution in [0.25, 0.3) is 4.98 Å². The first-order valence-corrected chi connectivity index (χ1v) is 3.84. The molecule has 0 heterocycles. The van der Waals surface area contributed by atoms with Crippen molar-refractivity contribution in [2.24, 2.45) is 0 Å². The van der Waals surface area contributed by atoms with Crippen LogP contribution in [0.5, 0.6) is 0 Å².